The maximum Gasteiger partial charge on any atom is 0.0809 e. The summed E-state index contributed by atoms with van der Waals surface area (Å²) in [4.78, 5) is 0. The smallest absolute Gasteiger partial charge is 0.0809 e. The molecule has 0 aromatic carbocycles. The van der Waals surface area contributed by atoms with Crippen molar-refractivity contribution in [3.63, 3.8) is 0 Å². The van der Waals surface area contributed by atoms with Gasteiger partial charge in [-0.25, -0.2) is 0 Å². The van der Waals surface area contributed by atoms with Crippen molar-refractivity contribution in [3.8, 4) is 0 Å². The van der Waals surface area contributed by atoms with Gasteiger partial charge in [-0.1, -0.05) is 64.0 Å². The third-order valence-electron chi connectivity index (χ3n) is 8.50. The zero-order valence-electron chi connectivity index (χ0n) is 17.2. The van der Waals surface area contributed by atoms with Crippen LogP contribution in [0.2, 0.25) is 0 Å². The Labute approximate surface area is 160 Å². The number of allylic oxidation sites excluding steroid dienone is 3. The van der Waals surface area contributed by atoms with Crippen molar-refractivity contribution < 1.29 is 10.2 Å². The highest BCUT2D eigenvalue weighted by Crippen LogP contribution is 2.66. The molecule has 146 valence electrons. The lowest BCUT2D eigenvalue weighted by atomic mass is 9.53. The van der Waals surface area contributed by atoms with Crippen LogP contribution in [0.4, 0.5) is 0 Å². The van der Waals surface area contributed by atoms with Gasteiger partial charge in [0.1, 0.15) is 0 Å². The second-order valence-electron chi connectivity index (χ2n) is 9.67. The number of hydrogen-bond donors (Lipinski definition) is 2. The third kappa shape index (κ3) is 3.14. The summed E-state index contributed by atoms with van der Waals surface area (Å²) < 4.78 is 0. The minimum absolute atomic E-state index is 0.298. The van der Waals surface area contributed by atoms with Crippen molar-refractivity contribution in [2.24, 2.45) is 22.7 Å². The monoisotopic (exact) mass is 358 g/mol. The van der Waals surface area contributed by atoms with E-state index in [9.17, 15) is 10.2 Å². The molecule has 0 amide bonds. The summed E-state index contributed by atoms with van der Waals surface area (Å²) >= 11 is 0. The quantitative estimate of drug-likeness (QED) is 0.648. The Kier molecular flexibility index (Phi) is 5.57. The Morgan fingerprint density at radius 2 is 1.81 bits per heavy atom. The first-order valence-electron chi connectivity index (χ1n) is 10.7. The lowest BCUT2D eigenvalue weighted by molar-refractivity contribution is 0.0359. The predicted octanol–water partition coefficient (Wildman–Crippen LogP) is 5.56. The van der Waals surface area contributed by atoms with Gasteiger partial charge < -0.3 is 10.2 Å². The van der Waals surface area contributed by atoms with Gasteiger partial charge in [-0.05, 0) is 73.2 Å². The van der Waals surface area contributed by atoms with E-state index >= 15 is 0 Å². The first-order chi connectivity index (χ1) is 12.2. The molecule has 0 heterocycles. The summed E-state index contributed by atoms with van der Waals surface area (Å²) in [5.74, 6) is 1.63. The summed E-state index contributed by atoms with van der Waals surface area (Å²) in [6, 6.07) is 0. The molecule has 2 heteroatoms. The number of hydrogen-bond acceptors (Lipinski definition) is 2. The SMILES string of the molecule is C=C1[C@H](O)CC(=C/C=C2\CCC[C@]3(C)C([C@@H](C)CC)CC[C@@]23C)C[C@H]1O. The summed E-state index contributed by atoms with van der Waals surface area (Å²) in [7, 11) is 0. The Balaban J connectivity index is 1.86. The molecule has 3 rings (SSSR count). The molecular formula is C24H38O2. The van der Waals surface area contributed by atoms with Crippen LogP contribution in [0.5, 0.6) is 0 Å². The van der Waals surface area contributed by atoms with E-state index in [0.717, 1.165) is 17.4 Å². The van der Waals surface area contributed by atoms with Gasteiger partial charge in [0.05, 0.1) is 12.2 Å². The minimum Gasteiger partial charge on any atom is -0.388 e. The van der Waals surface area contributed by atoms with Crippen molar-refractivity contribution in [1.82, 2.24) is 0 Å². The molecule has 3 aliphatic carbocycles. The molecule has 0 saturated heterocycles. The Hall–Kier alpha value is -0.860. The number of aliphatic hydroxyl groups is 2. The molecule has 2 nitrogen and oxygen atoms in total. The molecule has 0 aliphatic heterocycles. The average Bonchev–Trinajstić information content (AvgIpc) is 2.89. The summed E-state index contributed by atoms with van der Waals surface area (Å²) in [6.07, 6.45) is 12.3. The van der Waals surface area contributed by atoms with Crippen LogP contribution in [0.15, 0.2) is 35.5 Å². The number of rotatable bonds is 3. The maximum atomic E-state index is 10.1. The zero-order chi connectivity index (χ0) is 19.1. The molecule has 3 saturated carbocycles. The molecule has 6 atom stereocenters. The van der Waals surface area contributed by atoms with Gasteiger partial charge in [-0.2, -0.15) is 0 Å². The molecule has 1 unspecified atom stereocenters. The Morgan fingerprint density at radius 1 is 1.15 bits per heavy atom. The highest BCUT2D eigenvalue weighted by atomic mass is 16.3. The first-order valence-corrected chi connectivity index (χ1v) is 10.7. The van der Waals surface area contributed by atoms with Gasteiger partial charge >= 0.3 is 0 Å². The Bertz CT molecular complexity index is 600. The van der Waals surface area contributed by atoms with E-state index in [2.05, 4.69) is 46.4 Å². The molecule has 0 radical (unpaired) electrons. The van der Waals surface area contributed by atoms with E-state index in [1.807, 2.05) is 0 Å². The fourth-order valence-corrected chi connectivity index (χ4v) is 6.25. The molecule has 0 bridgehead atoms. The number of aliphatic hydroxyl groups excluding tert-OH is 2. The van der Waals surface area contributed by atoms with Gasteiger partial charge in [-0.15, -0.1) is 0 Å². The van der Waals surface area contributed by atoms with Crippen LogP contribution in [0.25, 0.3) is 0 Å². The van der Waals surface area contributed by atoms with Gasteiger partial charge in [0, 0.05) is 0 Å². The highest BCUT2D eigenvalue weighted by Gasteiger charge is 2.57. The van der Waals surface area contributed by atoms with Crippen LogP contribution in [0, 0.1) is 22.7 Å². The molecule has 26 heavy (non-hydrogen) atoms. The van der Waals surface area contributed by atoms with Crippen molar-refractivity contribution in [2.45, 2.75) is 91.3 Å². The van der Waals surface area contributed by atoms with Crippen LogP contribution in [0.3, 0.4) is 0 Å². The van der Waals surface area contributed by atoms with E-state index in [-0.39, 0.29) is 0 Å². The van der Waals surface area contributed by atoms with Crippen LogP contribution < -0.4 is 0 Å². The fraction of sp³-hybridized carbons (Fsp3) is 0.750. The molecule has 3 fully saturated rings. The van der Waals surface area contributed by atoms with Gasteiger partial charge in [0.15, 0.2) is 0 Å². The standard InChI is InChI=1S/C24H38O2/c1-6-16(2)20-11-13-23(4)19(8-7-12-24(20,23)5)10-9-18-14-21(25)17(3)22(26)15-18/h9-10,16,20-22,25-26H,3,6-8,11-15H2,1-2,4-5H3/b19-10+/t16-,20?,21+,22+,23-,24+/m0/s1. The molecule has 0 spiro atoms. The normalized spacial score (nSPS) is 43.5. The van der Waals surface area contributed by atoms with Crippen molar-refractivity contribution >= 4 is 0 Å². The lowest BCUT2D eigenvalue weighted by Gasteiger charge is -2.51. The molecule has 2 N–H and O–H groups in total. The zero-order valence-corrected chi connectivity index (χ0v) is 17.2. The van der Waals surface area contributed by atoms with Gasteiger partial charge in [0.2, 0.25) is 0 Å². The molecule has 3 aliphatic rings. The fourth-order valence-electron chi connectivity index (χ4n) is 6.25. The molecule has 0 aromatic heterocycles. The molecular weight excluding hydrogens is 320 g/mol. The minimum atomic E-state index is -0.600. The van der Waals surface area contributed by atoms with E-state index in [0.29, 0.717) is 29.2 Å². The third-order valence-corrected chi connectivity index (χ3v) is 8.50. The maximum absolute atomic E-state index is 10.1. The van der Waals surface area contributed by atoms with Crippen LogP contribution in [0.1, 0.15) is 79.1 Å². The van der Waals surface area contributed by atoms with Crippen molar-refractivity contribution in [1.29, 1.82) is 0 Å². The van der Waals surface area contributed by atoms with Crippen LogP contribution in [-0.2, 0) is 0 Å². The second-order valence-corrected chi connectivity index (χ2v) is 9.67. The first kappa shape index (κ1) is 19.9. The van der Waals surface area contributed by atoms with Gasteiger partial charge in [-0.3, -0.25) is 0 Å². The average molecular weight is 359 g/mol. The summed E-state index contributed by atoms with van der Waals surface area (Å²) in [6.45, 7) is 13.6. The second kappa shape index (κ2) is 7.28. The van der Waals surface area contributed by atoms with Crippen LogP contribution >= 0.6 is 0 Å². The topological polar surface area (TPSA) is 40.5 Å². The number of fused-ring (bicyclic) bond motifs is 1. The lowest BCUT2D eigenvalue weighted by Crippen LogP contribution is -2.43. The highest BCUT2D eigenvalue weighted by molar-refractivity contribution is 5.32. The van der Waals surface area contributed by atoms with E-state index in [1.54, 1.807) is 5.57 Å². The van der Waals surface area contributed by atoms with E-state index in [4.69, 9.17) is 0 Å². The predicted molar refractivity (Wildman–Crippen MR) is 109 cm³/mol. The molecule has 0 aromatic rings. The van der Waals surface area contributed by atoms with Gasteiger partial charge in [0.25, 0.3) is 0 Å². The van der Waals surface area contributed by atoms with Crippen molar-refractivity contribution in [3.05, 3.63) is 35.5 Å². The van der Waals surface area contributed by atoms with Crippen LogP contribution in [-0.4, -0.2) is 22.4 Å². The van der Waals surface area contributed by atoms with E-state index < -0.39 is 12.2 Å². The van der Waals surface area contributed by atoms with E-state index in [1.165, 1.54) is 38.5 Å². The summed E-state index contributed by atoms with van der Waals surface area (Å²) in [5.41, 5.74) is 4.02. The van der Waals surface area contributed by atoms with Crippen molar-refractivity contribution in [2.75, 3.05) is 0 Å². The largest absolute Gasteiger partial charge is 0.388 e. The Morgan fingerprint density at radius 3 is 2.42 bits per heavy atom. The summed E-state index contributed by atoms with van der Waals surface area (Å²) in [5, 5.41) is 20.2.